The molecule has 0 radical (unpaired) electrons. The fraction of sp³-hybridized carbons (Fsp3) is 0.462. The Morgan fingerprint density at radius 1 is 1.32 bits per heavy atom. The highest BCUT2D eigenvalue weighted by atomic mass is 19.1. The normalized spacial score (nSPS) is 23.3. The number of rotatable bonds is 1. The summed E-state index contributed by atoms with van der Waals surface area (Å²) in [6.45, 7) is 5.07. The highest BCUT2D eigenvalue weighted by molar-refractivity contribution is 5.89. The molecule has 19 heavy (non-hydrogen) atoms. The Hall–Kier alpha value is -1.69. The minimum Gasteiger partial charge on any atom is -0.321 e. The number of halogens is 2. The molecule has 0 spiro atoms. The summed E-state index contributed by atoms with van der Waals surface area (Å²) in [5.74, 6) is -1.44. The van der Waals surface area contributed by atoms with Gasteiger partial charge in [0.15, 0.2) is 0 Å². The summed E-state index contributed by atoms with van der Waals surface area (Å²) in [5.41, 5.74) is -0.00904. The Labute approximate surface area is 110 Å². The van der Waals surface area contributed by atoms with Gasteiger partial charge in [-0.1, -0.05) is 0 Å². The van der Waals surface area contributed by atoms with E-state index in [0.29, 0.717) is 13.1 Å². The lowest BCUT2D eigenvalue weighted by Gasteiger charge is -2.36. The van der Waals surface area contributed by atoms with Crippen LogP contribution in [0.5, 0.6) is 0 Å². The van der Waals surface area contributed by atoms with E-state index in [1.165, 1.54) is 6.07 Å². The van der Waals surface area contributed by atoms with E-state index in [4.69, 9.17) is 0 Å². The Balaban J connectivity index is 2.04. The highest BCUT2D eigenvalue weighted by Gasteiger charge is 2.25. The molecule has 2 amide bonds. The number of anilines is 1. The summed E-state index contributed by atoms with van der Waals surface area (Å²) in [7, 11) is 0. The van der Waals surface area contributed by atoms with Crippen molar-refractivity contribution in [1.82, 2.24) is 10.2 Å². The average Bonchev–Trinajstić information content (AvgIpc) is 2.31. The van der Waals surface area contributed by atoms with Crippen LogP contribution in [0.4, 0.5) is 19.3 Å². The molecular formula is C13H17F2N3O. The molecule has 2 atom stereocenters. The zero-order chi connectivity index (χ0) is 14.0. The molecule has 0 bridgehead atoms. The van der Waals surface area contributed by atoms with Gasteiger partial charge >= 0.3 is 6.03 Å². The van der Waals surface area contributed by atoms with Gasteiger partial charge in [-0.2, -0.15) is 0 Å². The molecule has 4 nitrogen and oxygen atoms in total. The quantitative estimate of drug-likeness (QED) is 0.820. The lowest BCUT2D eigenvalue weighted by molar-refractivity contribution is 0.176. The Morgan fingerprint density at radius 3 is 2.53 bits per heavy atom. The van der Waals surface area contributed by atoms with Crippen LogP contribution < -0.4 is 10.6 Å². The van der Waals surface area contributed by atoms with Crippen LogP contribution in [0.2, 0.25) is 0 Å². The summed E-state index contributed by atoms with van der Waals surface area (Å²) < 4.78 is 26.2. The molecule has 1 aromatic rings. The van der Waals surface area contributed by atoms with Crippen molar-refractivity contribution in [3.05, 3.63) is 29.8 Å². The van der Waals surface area contributed by atoms with Crippen LogP contribution in [0.3, 0.4) is 0 Å². The first-order valence-electron chi connectivity index (χ1n) is 6.22. The van der Waals surface area contributed by atoms with Crippen LogP contribution >= 0.6 is 0 Å². The fourth-order valence-electron chi connectivity index (χ4n) is 2.28. The third kappa shape index (κ3) is 3.41. The predicted octanol–water partition coefficient (Wildman–Crippen LogP) is 2.18. The number of piperazine rings is 1. The van der Waals surface area contributed by atoms with E-state index >= 15 is 0 Å². The molecule has 1 aliphatic heterocycles. The van der Waals surface area contributed by atoms with E-state index in [9.17, 15) is 13.6 Å². The molecule has 1 fully saturated rings. The van der Waals surface area contributed by atoms with Crippen molar-refractivity contribution in [2.24, 2.45) is 0 Å². The van der Waals surface area contributed by atoms with Crippen molar-refractivity contribution < 1.29 is 13.6 Å². The smallest absolute Gasteiger partial charge is 0.321 e. The molecule has 0 aliphatic carbocycles. The molecular weight excluding hydrogens is 252 g/mol. The van der Waals surface area contributed by atoms with Crippen molar-refractivity contribution in [2.45, 2.75) is 25.9 Å². The number of hydrogen-bond acceptors (Lipinski definition) is 2. The minimum absolute atomic E-state index is 0.00904. The van der Waals surface area contributed by atoms with Gasteiger partial charge in [-0.3, -0.25) is 0 Å². The first-order valence-corrected chi connectivity index (χ1v) is 6.22. The Morgan fingerprint density at radius 2 is 1.95 bits per heavy atom. The van der Waals surface area contributed by atoms with Crippen molar-refractivity contribution in [3.63, 3.8) is 0 Å². The second-order valence-electron chi connectivity index (χ2n) is 4.93. The summed E-state index contributed by atoms with van der Waals surface area (Å²) in [5, 5.41) is 5.77. The first-order chi connectivity index (χ1) is 8.95. The van der Waals surface area contributed by atoms with Crippen LogP contribution in [-0.4, -0.2) is 36.1 Å². The Kier molecular flexibility index (Phi) is 3.99. The van der Waals surface area contributed by atoms with Gasteiger partial charge in [0.1, 0.15) is 11.6 Å². The number of benzene rings is 1. The molecule has 1 saturated heterocycles. The molecule has 0 saturated carbocycles. The molecule has 1 aliphatic rings. The van der Waals surface area contributed by atoms with E-state index < -0.39 is 11.6 Å². The summed E-state index contributed by atoms with van der Waals surface area (Å²) in [4.78, 5) is 13.6. The molecule has 1 heterocycles. The van der Waals surface area contributed by atoms with Gasteiger partial charge in [-0.25, -0.2) is 13.6 Å². The third-order valence-corrected chi connectivity index (χ3v) is 3.02. The van der Waals surface area contributed by atoms with Gasteiger partial charge < -0.3 is 15.5 Å². The van der Waals surface area contributed by atoms with Crippen LogP contribution in [0.15, 0.2) is 18.2 Å². The third-order valence-electron chi connectivity index (χ3n) is 3.02. The second kappa shape index (κ2) is 5.52. The van der Waals surface area contributed by atoms with Crippen molar-refractivity contribution in [3.8, 4) is 0 Å². The minimum atomic E-state index is -0.774. The maximum atomic E-state index is 13.4. The average molecular weight is 269 g/mol. The van der Waals surface area contributed by atoms with Gasteiger partial charge in [0.2, 0.25) is 0 Å². The van der Waals surface area contributed by atoms with Crippen molar-refractivity contribution >= 4 is 11.7 Å². The maximum absolute atomic E-state index is 13.4. The van der Waals surface area contributed by atoms with Crippen LogP contribution in [0.25, 0.3) is 0 Å². The van der Waals surface area contributed by atoms with Crippen LogP contribution in [0.1, 0.15) is 13.8 Å². The number of urea groups is 1. The first kappa shape index (κ1) is 13.7. The lowest BCUT2D eigenvalue weighted by Crippen LogP contribution is -2.56. The van der Waals surface area contributed by atoms with Crippen LogP contribution in [-0.2, 0) is 0 Å². The molecule has 1 aromatic carbocycles. The molecule has 6 heteroatoms. The maximum Gasteiger partial charge on any atom is 0.322 e. The number of carbonyl (C=O) groups is 1. The van der Waals surface area contributed by atoms with E-state index in [-0.39, 0.29) is 23.8 Å². The zero-order valence-corrected chi connectivity index (χ0v) is 10.9. The molecule has 104 valence electrons. The molecule has 0 aromatic heterocycles. The number of nitrogens with one attached hydrogen (secondary N) is 2. The topological polar surface area (TPSA) is 44.4 Å². The monoisotopic (exact) mass is 269 g/mol. The Bertz CT molecular complexity index is 471. The van der Waals surface area contributed by atoms with E-state index in [1.807, 2.05) is 13.8 Å². The van der Waals surface area contributed by atoms with Crippen LogP contribution in [0, 0.1) is 11.6 Å². The SMILES string of the molecule is CC1CN(C(=O)Nc2ccc(F)cc2F)CC(C)N1. The fourth-order valence-corrected chi connectivity index (χ4v) is 2.28. The second-order valence-corrected chi connectivity index (χ2v) is 4.93. The number of carbonyl (C=O) groups excluding carboxylic acids is 1. The van der Waals surface area contributed by atoms with E-state index in [1.54, 1.807) is 4.90 Å². The van der Waals surface area contributed by atoms with Gasteiger partial charge in [0.25, 0.3) is 0 Å². The zero-order valence-electron chi connectivity index (χ0n) is 10.9. The van der Waals surface area contributed by atoms with Gasteiger partial charge in [0, 0.05) is 31.2 Å². The number of nitrogens with zero attached hydrogens (tertiary/aromatic N) is 1. The standard InChI is InChI=1S/C13H17F2N3O/c1-8-6-18(7-9(2)16-8)13(19)17-12-4-3-10(14)5-11(12)15/h3-5,8-9,16H,6-7H2,1-2H3,(H,17,19). The van der Waals surface area contributed by atoms with Crippen molar-refractivity contribution in [2.75, 3.05) is 18.4 Å². The summed E-state index contributed by atoms with van der Waals surface area (Å²) >= 11 is 0. The number of amides is 2. The van der Waals surface area contributed by atoms with E-state index in [2.05, 4.69) is 10.6 Å². The molecule has 2 N–H and O–H groups in total. The summed E-state index contributed by atoms with van der Waals surface area (Å²) in [6, 6.07) is 3.09. The van der Waals surface area contributed by atoms with Gasteiger partial charge in [-0.15, -0.1) is 0 Å². The van der Waals surface area contributed by atoms with Gasteiger partial charge in [0.05, 0.1) is 5.69 Å². The summed E-state index contributed by atoms with van der Waals surface area (Å²) in [6.07, 6.45) is 0. The molecule has 2 rings (SSSR count). The number of hydrogen-bond donors (Lipinski definition) is 2. The largest absolute Gasteiger partial charge is 0.322 e. The van der Waals surface area contributed by atoms with Gasteiger partial charge in [-0.05, 0) is 26.0 Å². The van der Waals surface area contributed by atoms with Crippen molar-refractivity contribution in [1.29, 1.82) is 0 Å². The van der Waals surface area contributed by atoms with E-state index in [0.717, 1.165) is 12.1 Å². The predicted molar refractivity (Wildman–Crippen MR) is 69.0 cm³/mol. The lowest BCUT2D eigenvalue weighted by atomic mass is 10.1. The highest BCUT2D eigenvalue weighted by Crippen LogP contribution is 2.16. The molecule has 2 unspecified atom stereocenters.